The third-order valence-electron chi connectivity index (χ3n) is 1.94. The Kier molecular flexibility index (Phi) is 6.92. The molecule has 0 N–H and O–H groups in total. The minimum Gasteiger partial charge on any atom is -0.424 e. The second-order valence-corrected chi connectivity index (χ2v) is 5.70. The zero-order chi connectivity index (χ0) is 12.8. The van der Waals surface area contributed by atoms with E-state index in [1.165, 1.54) is 0 Å². The standard InChI is InChI=1S/C11H10Cl3IO2/c12-4-2-1-3-10(16)17-11-8(14)5-7(13)6-9(11)15/h5-6H,1-4H2. The summed E-state index contributed by atoms with van der Waals surface area (Å²) in [6.45, 7) is 0. The zero-order valence-corrected chi connectivity index (χ0v) is 13.2. The lowest BCUT2D eigenvalue weighted by Crippen LogP contribution is -2.09. The lowest BCUT2D eigenvalue weighted by Gasteiger charge is -2.08. The molecule has 1 aromatic rings. The Morgan fingerprint density at radius 2 is 2.00 bits per heavy atom. The molecule has 0 radical (unpaired) electrons. The van der Waals surface area contributed by atoms with Crippen LogP contribution in [0.4, 0.5) is 0 Å². The second-order valence-electron chi connectivity index (χ2n) is 3.32. The maximum atomic E-state index is 11.5. The quantitative estimate of drug-likeness (QED) is 0.228. The van der Waals surface area contributed by atoms with E-state index in [0.29, 0.717) is 38.1 Å². The first kappa shape index (κ1) is 15.3. The van der Waals surface area contributed by atoms with Crippen LogP contribution in [0.25, 0.3) is 0 Å². The normalized spacial score (nSPS) is 10.4. The summed E-state index contributed by atoms with van der Waals surface area (Å²) in [4.78, 5) is 11.5. The smallest absolute Gasteiger partial charge is 0.311 e. The molecule has 0 aliphatic carbocycles. The average Bonchev–Trinajstić information content (AvgIpc) is 2.24. The molecule has 0 saturated heterocycles. The number of hydrogen-bond donors (Lipinski definition) is 0. The van der Waals surface area contributed by atoms with Gasteiger partial charge in [0.1, 0.15) is 0 Å². The molecule has 0 unspecified atom stereocenters. The number of alkyl halides is 1. The van der Waals surface area contributed by atoms with Crippen molar-refractivity contribution in [3.63, 3.8) is 0 Å². The fraction of sp³-hybridized carbons (Fsp3) is 0.364. The van der Waals surface area contributed by atoms with Crippen molar-refractivity contribution in [2.75, 3.05) is 5.88 Å². The topological polar surface area (TPSA) is 26.3 Å². The Morgan fingerprint density at radius 3 is 2.59 bits per heavy atom. The van der Waals surface area contributed by atoms with Gasteiger partial charge in [0.05, 0.1) is 8.59 Å². The first-order valence-corrected chi connectivity index (χ1v) is 7.32. The van der Waals surface area contributed by atoms with E-state index in [9.17, 15) is 4.79 Å². The van der Waals surface area contributed by atoms with Crippen LogP contribution in [0.1, 0.15) is 19.3 Å². The molecule has 0 heterocycles. The molecule has 0 atom stereocenters. The van der Waals surface area contributed by atoms with Crippen LogP contribution in [0.5, 0.6) is 5.75 Å². The number of ether oxygens (including phenoxy) is 1. The van der Waals surface area contributed by atoms with Gasteiger partial charge in [-0.25, -0.2) is 0 Å². The van der Waals surface area contributed by atoms with Gasteiger partial charge in [0.25, 0.3) is 0 Å². The van der Waals surface area contributed by atoms with Crippen molar-refractivity contribution in [2.24, 2.45) is 0 Å². The van der Waals surface area contributed by atoms with Gasteiger partial charge in [0, 0.05) is 17.3 Å². The number of rotatable bonds is 5. The van der Waals surface area contributed by atoms with Crippen LogP contribution in [0, 0.1) is 3.57 Å². The van der Waals surface area contributed by atoms with Crippen molar-refractivity contribution in [2.45, 2.75) is 19.3 Å². The molecule has 17 heavy (non-hydrogen) atoms. The summed E-state index contributed by atoms with van der Waals surface area (Å²) in [6.07, 6.45) is 1.84. The van der Waals surface area contributed by atoms with Gasteiger partial charge in [-0.15, -0.1) is 11.6 Å². The Morgan fingerprint density at radius 1 is 1.29 bits per heavy atom. The van der Waals surface area contributed by atoms with Gasteiger partial charge < -0.3 is 4.74 Å². The number of benzene rings is 1. The van der Waals surface area contributed by atoms with Gasteiger partial charge in [-0.3, -0.25) is 4.79 Å². The summed E-state index contributed by atoms with van der Waals surface area (Å²) in [5.74, 6) is 0.608. The van der Waals surface area contributed by atoms with Gasteiger partial charge in [0.15, 0.2) is 5.75 Å². The number of unbranched alkanes of at least 4 members (excludes halogenated alkanes) is 1. The number of hydrogen-bond acceptors (Lipinski definition) is 2. The predicted molar refractivity (Wildman–Crippen MR) is 79.4 cm³/mol. The highest BCUT2D eigenvalue weighted by molar-refractivity contribution is 14.1. The van der Waals surface area contributed by atoms with Crippen molar-refractivity contribution >= 4 is 63.4 Å². The maximum absolute atomic E-state index is 11.5. The SMILES string of the molecule is O=C(CCCCCl)Oc1c(Cl)cc(Cl)cc1I. The zero-order valence-electron chi connectivity index (χ0n) is 8.81. The van der Waals surface area contributed by atoms with Gasteiger partial charge in [-0.05, 0) is 47.6 Å². The predicted octanol–water partition coefficient (Wildman–Crippen LogP) is 4.91. The summed E-state index contributed by atoms with van der Waals surface area (Å²) in [6, 6.07) is 3.24. The minimum atomic E-state index is -0.308. The van der Waals surface area contributed by atoms with Crippen molar-refractivity contribution in [3.8, 4) is 5.75 Å². The largest absolute Gasteiger partial charge is 0.424 e. The molecule has 0 saturated carbocycles. The van der Waals surface area contributed by atoms with Crippen LogP contribution >= 0.6 is 57.4 Å². The number of carbonyl (C=O) groups is 1. The molecule has 0 spiro atoms. The van der Waals surface area contributed by atoms with Crippen molar-refractivity contribution in [1.82, 2.24) is 0 Å². The summed E-state index contributed by atoms with van der Waals surface area (Å²) < 4.78 is 5.91. The molecule has 0 aliphatic rings. The Bertz CT molecular complexity index is 387. The molecule has 0 bridgehead atoms. The minimum absolute atomic E-state index is 0.308. The Hall–Kier alpha value is 0.290. The first-order chi connectivity index (χ1) is 8.04. The fourth-order valence-electron chi connectivity index (χ4n) is 1.16. The molecule has 1 aromatic carbocycles. The highest BCUT2D eigenvalue weighted by atomic mass is 127. The van der Waals surface area contributed by atoms with E-state index in [1.54, 1.807) is 12.1 Å². The number of esters is 1. The average molecular weight is 407 g/mol. The van der Waals surface area contributed by atoms with Crippen LogP contribution < -0.4 is 4.74 Å². The fourth-order valence-corrected chi connectivity index (χ4v) is 2.96. The van der Waals surface area contributed by atoms with Crippen molar-refractivity contribution < 1.29 is 9.53 Å². The van der Waals surface area contributed by atoms with E-state index in [1.807, 2.05) is 22.6 Å². The monoisotopic (exact) mass is 406 g/mol. The molecule has 94 valence electrons. The van der Waals surface area contributed by atoms with Gasteiger partial charge in [-0.2, -0.15) is 0 Å². The van der Waals surface area contributed by atoms with E-state index in [0.717, 1.165) is 6.42 Å². The summed E-state index contributed by atoms with van der Waals surface area (Å²) >= 11 is 19.3. The first-order valence-electron chi connectivity index (χ1n) is 4.95. The van der Waals surface area contributed by atoms with E-state index in [2.05, 4.69) is 0 Å². The highest BCUT2D eigenvalue weighted by Gasteiger charge is 2.12. The molecule has 1 rings (SSSR count). The Labute approximate surface area is 129 Å². The molecular formula is C11H10Cl3IO2. The molecule has 0 amide bonds. The Balaban J connectivity index is 2.65. The van der Waals surface area contributed by atoms with Crippen LogP contribution in [0.2, 0.25) is 10.0 Å². The van der Waals surface area contributed by atoms with E-state index in [4.69, 9.17) is 39.5 Å². The van der Waals surface area contributed by atoms with Crippen LogP contribution in [0.3, 0.4) is 0 Å². The number of halogens is 4. The molecule has 2 nitrogen and oxygen atoms in total. The molecule has 0 aliphatic heterocycles. The number of carbonyl (C=O) groups excluding carboxylic acids is 1. The lowest BCUT2D eigenvalue weighted by molar-refractivity contribution is -0.134. The highest BCUT2D eigenvalue weighted by Crippen LogP contribution is 2.33. The summed E-state index contributed by atoms with van der Waals surface area (Å²) in [5, 5.41) is 0.855. The van der Waals surface area contributed by atoms with Gasteiger partial charge in [-0.1, -0.05) is 23.2 Å². The van der Waals surface area contributed by atoms with Crippen LogP contribution in [0.15, 0.2) is 12.1 Å². The van der Waals surface area contributed by atoms with Gasteiger partial charge >= 0.3 is 5.97 Å². The van der Waals surface area contributed by atoms with Crippen LogP contribution in [-0.2, 0) is 4.79 Å². The molecular weight excluding hydrogens is 397 g/mol. The van der Waals surface area contributed by atoms with Crippen molar-refractivity contribution in [3.05, 3.63) is 25.7 Å². The van der Waals surface area contributed by atoms with E-state index < -0.39 is 0 Å². The second kappa shape index (κ2) is 7.67. The van der Waals surface area contributed by atoms with E-state index in [-0.39, 0.29) is 5.97 Å². The maximum Gasteiger partial charge on any atom is 0.311 e. The molecule has 6 heteroatoms. The lowest BCUT2D eigenvalue weighted by atomic mass is 10.2. The van der Waals surface area contributed by atoms with Crippen LogP contribution in [-0.4, -0.2) is 11.8 Å². The van der Waals surface area contributed by atoms with Gasteiger partial charge in [0.2, 0.25) is 0 Å². The molecule has 0 fully saturated rings. The van der Waals surface area contributed by atoms with E-state index >= 15 is 0 Å². The summed E-state index contributed by atoms with van der Waals surface area (Å²) in [5.41, 5.74) is 0. The molecule has 0 aromatic heterocycles. The third-order valence-corrected chi connectivity index (χ3v) is 3.51. The third kappa shape index (κ3) is 5.20. The van der Waals surface area contributed by atoms with Crippen molar-refractivity contribution in [1.29, 1.82) is 0 Å². The summed E-state index contributed by atoms with van der Waals surface area (Å²) in [7, 11) is 0.